The SMILES string of the molecule is NC(=O)C[C@@]1(COc2ccc(Cl)cc2)CN(C(=O)Cc2ccccc2)CCO1. The molecule has 1 heterocycles. The Morgan fingerprint density at radius 2 is 1.86 bits per heavy atom. The molecule has 1 aliphatic heterocycles. The van der Waals surface area contributed by atoms with Crippen LogP contribution in [-0.2, 0) is 20.7 Å². The maximum atomic E-state index is 12.8. The van der Waals surface area contributed by atoms with Crippen molar-refractivity contribution in [1.29, 1.82) is 0 Å². The van der Waals surface area contributed by atoms with Crippen molar-refractivity contribution >= 4 is 23.4 Å². The Balaban J connectivity index is 1.69. The maximum absolute atomic E-state index is 12.8. The summed E-state index contributed by atoms with van der Waals surface area (Å²) in [7, 11) is 0. The number of halogens is 1. The minimum atomic E-state index is -0.976. The van der Waals surface area contributed by atoms with Gasteiger partial charge >= 0.3 is 0 Å². The third kappa shape index (κ3) is 5.47. The fourth-order valence-corrected chi connectivity index (χ4v) is 3.37. The van der Waals surface area contributed by atoms with E-state index in [1.165, 1.54) is 0 Å². The molecule has 28 heavy (non-hydrogen) atoms. The van der Waals surface area contributed by atoms with Gasteiger partial charge in [-0.2, -0.15) is 0 Å². The summed E-state index contributed by atoms with van der Waals surface area (Å²) in [4.78, 5) is 26.1. The van der Waals surface area contributed by atoms with Gasteiger partial charge in [-0.05, 0) is 29.8 Å². The Hall–Kier alpha value is -2.57. The maximum Gasteiger partial charge on any atom is 0.227 e. The number of rotatable bonds is 7. The molecule has 0 aliphatic carbocycles. The number of carbonyl (C=O) groups excluding carboxylic acids is 2. The van der Waals surface area contributed by atoms with Crippen molar-refractivity contribution in [1.82, 2.24) is 4.90 Å². The first-order valence-corrected chi connectivity index (χ1v) is 9.46. The Morgan fingerprint density at radius 3 is 2.54 bits per heavy atom. The average Bonchev–Trinajstić information content (AvgIpc) is 2.68. The van der Waals surface area contributed by atoms with Crippen LogP contribution in [0.1, 0.15) is 12.0 Å². The third-order valence-corrected chi connectivity index (χ3v) is 4.86. The van der Waals surface area contributed by atoms with Crippen molar-refractivity contribution in [2.24, 2.45) is 5.73 Å². The first-order valence-electron chi connectivity index (χ1n) is 9.08. The Labute approximate surface area is 169 Å². The number of morpholine rings is 1. The molecular formula is C21H23ClN2O4. The zero-order chi connectivity index (χ0) is 20.0. The van der Waals surface area contributed by atoms with Gasteiger partial charge in [0.05, 0.1) is 26.0 Å². The average molecular weight is 403 g/mol. The van der Waals surface area contributed by atoms with Gasteiger partial charge < -0.3 is 20.1 Å². The highest BCUT2D eigenvalue weighted by Gasteiger charge is 2.40. The lowest BCUT2D eigenvalue weighted by atomic mass is 9.97. The normalized spacial score (nSPS) is 19.2. The predicted octanol–water partition coefficient (Wildman–Crippen LogP) is 2.43. The van der Waals surface area contributed by atoms with Gasteiger partial charge in [-0.25, -0.2) is 0 Å². The summed E-state index contributed by atoms with van der Waals surface area (Å²) >= 11 is 5.89. The molecular weight excluding hydrogens is 380 g/mol. The molecule has 148 valence electrons. The first kappa shape index (κ1) is 20.2. The van der Waals surface area contributed by atoms with Gasteiger partial charge in [-0.1, -0.05) is 41.9 Å². The van der Waals surface area contributed by atoms with E-state index in [0.717, 1.165) is 5.56 Å². The zero-order valence-electron chi connectivity index (χ0n) is 15.5. The summed E-state index contributed by atoms with van der Waals surface area (Å²) < 4.78 is 11.7. The fraction of sp³-hybridized carbons (Fsp3) is 0.333. The monoisotopic (exact) mass is 402 g/mol. The van der Waals surface area contributed by atoms with Crippen LogP contribution in [0, 0.1) is 0 Å². The number of hydrogen-bond donors (Lipinski definition) is 1. The highest BCUT2D eigenvalue weighted by molar-refractivity contribution is 6.30. The van der Waals surface area contributed by atoms with Crippen molar-refractivity contribution in [2.75, 3.05) is 26.3 Å². The second kappa shape index (κ2) is 9.08. The lowest BCUT2D eigenvalue weighted by Gasteiger charge is -2.42. The van der Waals surface area contributed by atoms with Crippen molar-refractivity contribution in [3.63, 3.8) is 0 Å². The number of nitrogens with zero attached hydrogens (tertiary/aromatic N) is 1. The lowest BCUT2D eigenvalue weighted by molar-refractivity contribution is -0.161. The molecule has 7 heteroatoms. The second-order valence-electron chi connectivity index (χ2n) is 6.89. The van der Waals surface area contributed by atoms with Gasteiger partial charge in [0.15, 0.2) is 0 Å². The molecule has 0 spiro atoms. The molecule has 0 unspecified atom stereocenters. The summed E-state index contributed by atoms with van der Waals surface area (Å²) in [6, 6.07) is 16.5. The van der Waals surface area contributed by atoms with Crippen LogP contribution in [0.15, 0.2) is 54.6 Å². The molecule has 2 aromatic carbocycles. The Bertz CT molecular complexity index is 813. The summed E-state index contributed by atoms with van der Waals surface area (Å²) in [5.74, 6) is 0.0801. The van der Waals surface area contributed by atoms with Crippen LogP contribution in [0.5, 0.6) is 5.75 Å². The van der Waals surface area contributed by atoms with E-state index in [9.17, 15) is 9.59 Å². The van der Waals surface area contributed by atoms with E-state index < -0.39 is 11.5 Å². The van der Waals surface area contributed by atoms with Gasteiger partial charge in [0.1, 0.15) is 18.0 Å². The molecule has 2 aromatic rings. The zero-order valence-corrected chi connectivity index (χ0v) is 16.2. The van der Waals surface area contributed by atoms with Crippen molar-refractivity contribution in [3.05, 3.63) is 65.2 Å². The highest BCUT2D eigenvalue weighted by Crippen LogP contribution is 2.25. The van der Waals surface area contributed by atoms with Gasteiger partial charge in [0.2, 0.25) is 11.8 Å². The molecule has 0 aromatic heterocycles. The molecule has 6 nitrogen and oxygen atoms in total. The number of primary amides is 1. The molecule has 1 saturated heterocycles. The number of hydrogen-bond acceptors (Lipinski definition) is 4. The van der Waals surface area contributed by atoms with E-state index in [2.05, 4.69) is 0 Å². The van der Waals surface area contributed by atoms with E-state index >= 15 is 0 Å². The molecule has 0 saturated carbocycles. The smallest absolute Gasteiger partial charge is 0.227 e. The third-order valence-electron chi connectivity index (χ3n) is 4.61. The first-order chi connectivity index (χ1) is 13.5. The molecule has 2 N–H and O–H groups in total. The molecule has 2 amide bonds. The van der Waals surface area contributed by atoms with Crippen LogP contribution in [0.3, 0.4) is 0 Å². The molecule has 1 fully saturated rings. The van der Waals surface area contributed by atoms with Gasteiger partial charge in [-0.3, -0.25) is 9.59 Å². The number of ether oxygens (including phenoxy) is 2. The van der Waals surface area contributed by atoms with E-state index in [-0.39, 0.29) is 25.5 Å². The minimum Gasteiger partial charge on any atom is -0.490 e. The van der Waals surface area contributed by atoms with Crippen LogP contribution in [0.4, 0.5) is 0 Å². The number of benzene rings is 2. The Kier molecular flexibility index (Phi) is 6.54. The number of amides is 2. The largest absolute Gasteiger partial charge is 0.490 e. The van der Waals surface area contributed by atoms with Crippen LogP contribution in [0.2, 0.25) is 5.02 Å². The summed E-state index contributed by atoms with van der Waals surface area (Å²) in [6.07, 6.45) is 0.265. The van der Waals surface area contributed by atoms with Crippen molar-refractivity contribution in [2.45, 2.75) is 18.4 Å². The summed E-state index contributed by atoms with van der Waals surface area (Å²) in [5.41, 5.74) is 5.41. The molecule has 1 atom stereocenters. The molecule has 0 radical (unpaired) electrons. The topological polar surface area (TPSA) is 81.9 Å². The number of carbonyl (C=O) groups is 2. The van der Waals surface area contributed by atoms with Gasteiger partial charge in [-0.15, -0.1) is 0 Å². The lowest BCUT2D eigenvalue weighted by Crippen LogP contribution is -2.58. The van der Waals surface area contributed by atoms with E-state index in [4.69, 9.17) is 26.8 Å². The van der Waals surface area contributed by atoms with E-state index in [0.29, 0.717) is 30.3 Å². The van der Waals surface area contributed by atoms with Gasteiger partial charge in [0.25, 0.3) is 0 Å². The van der Waals surface area contributed by atoms with Crippen molar-refractivity contribution < 1.29 is 19.1 Å². The van der Waals surface area contributed by atoms with Crippen LogP contribution >= 0.6 is 11.6 Å². The summed E-state index contributed by atoms with van der Waals surface area (Å²) in [5, 5.41) is 0.603. The van der Waals surface area contributed by atoms with E-state index in [1.54, 1.807) is 29.2 Å². The van der Waals surface area contributed by atoms with Crippen LogP contribution in [0.25, 0.3) is 0 Å². The molecule has 1 aliphatic rings. The summed E-state index contributed by atoms with van der Waals surface area (Å²) in [6.45, 7) is 1.13. The standard InChI is InChI=1S/C21H23ClN2O4/c22-17-6-8-18(9-7-17)27-15-21(13-19(23)25)14-24(10-11-28-21)20(26)12-16-4-2-1-3-5-16/h1-9H,10-15H2,(H2,23,25)/t21-/m0/s1. The molecule has 3 rings (SSSR count). The van der Waals surface area contributed by atoms with Gasteiger partial charge in [0, 0.05) is 11.6 Å². The quantitative estimate of drug-likeness (QED) is 0.771. The Morgan fingerprint density at radius 1 is 1.14 bits per heavy atom. The number of nitrogens with two attached hydrogens (primary N) is 1. The molecule has 0 bridgehead atoms. The van der Waals surface area contributed by atoms with E-state index in [1.807, 2.05) is 30.3 Å². The minimum absolute atomic E-state index is 0.0187. The predicted molar refractivity (Wildman–Crippen MR) is 106 cm³/mol. The highest BCUT2D eigenvalue weighted by atomic mass is 35.5. The van der Waals surface area contributed by atoms with Crippen LogP contribution in [-0.4, -0.2) is 48.6 Å². The second-order valence-corrected chi connectivity index (χ2v) is 7.33. The fourth-order valence-electron chi connectivity index (χ4n) is 3.25. The van der Waals surface area contributed by atoms with Crippen molar-refractivity contribution in [3.8, 4) is 5.75 Å². The van der Waals surface area contributed by atoms with Crippen LogP contribution < -0.4 is 10.5 Å².